The first-order valence-electron chi connectivity index (χ1n) is 9.38. The van der Waals surface area contributed by atoms with E-state index in [-0.39, 0.29) is 6.09 Å². The van der Waals surface area contributed by atoms with Gasteiger partial charge in [-0.15, -0.1) is 0 Å². The van der Waals surface area contributed by atoms with Crippen molar-refractivity contribution in [2.75, 3.05) is 26.2 Å². The van der Waals surface area contributed by atoms with E-state index in [1.54, 1.807) is 0 Å². The van der Waals surface area contributed by atoms with Crippen molar-refractivity contribution in [3.63, 3.8) is 0 Å². The van der Waals surface area contributed by atoms with Crippen LogP contribution >= 0.6 is 11.6 Å². The minimum atomic E-state index is -0.440. The molecule has 1 saturated heterocycles. The van der Waals surface area contributed by atoms with Crippen LogP contribution in [-0.4, -0.2) is 42.8 Å². The molecular formula is C20H31ClN2O3. The monoisotopic (exact) mass is 382 g/mol. The second-order valence-corrected chi connectivity index (χ2v) is 8.16. The lowest BCUT2D eigenvalue weighted by Crippen LogP contribution is -2.43. The van der Waals surface area contributed by atoms with Crippen LogP contribution in [0, 0.1) is 5.92 Å². The van der Waals surface area contributed by atoms with Crippen molar-refractivity contribution in [1.82, 2.24) is 10.2 Å². The number of ether oxygens (including phenoxy) is 2. The molecule has 1 aromatic rings. The molecule has 1 heterocycles. The maximum Gasteiger partial charge on any atom is 0.410 e. The van der Waals surface area contributed by atoms with Gasteiger partial charge in [0, 0.05) is 30.2 Å². The molecule has 0 unspecified atom stereocenters. The van der Waals surface area contributed by atoms with Gasteiger partial charge >= 0.3 is 6.09 Å². The SMILES string of the molecule is CCOc1ccc(Cl)cc1CNCC1CCN(C(=O)OC(C)(C)C)CC1. The quantitative estimate of drug-likeness (QED) is 0.788. The van der Waals surface area contributed by atoms with Gasteiger partial charge in [-0.25, -0.2) is 4.79 Å². The first-order valence-corrected chi connectivity index (χ1v) is 9.76. The maximum atomic E-state index is 12.1. The van der Waals surface area contributed by atoms with Crippen molar-refractivity contribution >= 4 is 17.7 Å². The van der Waals surface area contributed by atoms with Gasteiger partial charge in [0.15, 0.2) is 0 Å². The number of benzene rings is 1. The molecule has 0 bridgehead atoms. The Morgan fingerprint density at radius 3 is 2.62 bits per heavy atom. The summed E-state index contributed by atoms with van der Waals surface area (Å²) in [7, 11) is 0. The van der Waals surface area contributed by atoms with Crippen molar-refractivity contribution in [2.24, 2.45) is 5.92 Å². The molecule has 1 fully saturated rings. The molecule has 0 spiro atoms. The minimum absolute atomic E-state index is 0.204. The Kier molecular flexibility index (Phi) is 7.59. The van der Waals surface area contributed by atoms with Crippen LogP contribution in [0.2, 0.25) is 5.02 Å². The number of amides is 1. The lowest BCUT2D eigenvalue weighted by Gasteiger charge is -2.33. The van der Waals surface area contributed by atoms with E-state index >= 15 is 0 Å². The summed E-state index contributed by atoms with van der Waals surface area (Å²) in [5, 5.41) is 4.22. The number of rotatable bonds is 6. The van der Waals surface area contributed by atoms with Crippen molar-refractivity contribution < 1.29 is 14.3 Å². The molecule has 2 rings (SSSR count). The molecule has 1 aliphatic heterocycles. The molecule has 0 aromatic heterocycles. The molecule has 146 valence electrons. The molecule has 1 aromatic carbocycles. The molecule has 0 saturated carbocycles. The Morgan fingerprint density at radius 2 is 2.00 bits per heavy atom. The second kappa shape index (κ2) is 9.47. The highest BCUT2D eigenvalue weighted by molar-refractivity contribution is 6.30. The topological polar surface area (TPSA) is 50.8 Å². The van der Waals surface area contributed by atoms with Crippen molar-refractivity contribution in [1.29, 1.82) is 0 Å². The highest BCUT2D eigenvalue weighted by atomic mass is 35.5. The standard InChI is InChI=1S/C20H31ClN2O3/c1-5-25-18-7-6-17(21)12-16(18)14-22-13-15-8-10-23(11-9-15)19(24)26-20(2,3)4/h6-7,12,15,22H,5,8-11,13-14H2,1-4H3. The summed E-state index contributed by atoms with van der Waals surface area (Å²) in [5.74, 6) is 1.44. The molecule has 5 nitrogen and oxygen atoms in total. The van der Waals surface area contributed by atoms with Gasteiger partial charge in [-0.1, -0.05) is 11.6 Å². The summed E-state index contributed by atoms with van der Waals surface area (Å²) in [6.45, 7) is 11.4. The van der Waals surface area contributed by atoms with Crippen LogP contribution in [0.25, 0.3) is 0 Å². The van der Waals surface area contributed by atoms with Crippen molar-refractivity contribution in [3.05, 3.63) is 28.8 Å². The van der Waals surface area contributed by atoms with Crippen LogP contribution in [0.1, 0.15) is 46.1 Å². The van der Waals surface area contributed by atoms with Gasteiger partial charge in [0.1, 0.15) is 11.4 Å². The van der Waals surface area contributed by atoms with E-state index in [1.807, 2.05) is 50.8 Å². The van der Waals surface area contributed by atoms with Gasteiger partial charge < -0.3 is 19.7 Å². The number of carbonyl (C=O) groups excluding carboxylic acids is 1. The molecular weight excluding hydrogens is 352 g/mol. The number of halogens is 1. The summed E-state index contributed by atoms with van der Waals surface area (Å²) in [6, 6.07) is 5.72. The lowest BCUT2D eigenvalue weighted by molar-refractivity contribution is 0.0184. The normalized spacial score (nSPS) is 15.8. The third kappa shape index (κ3) is 6.69. The zero-order valence-electron chi connectivity index (χ0n) is 16.3. The van der Waals surface area contributed by atoms with E-state index in [9.17, 15) is 4.79 Å². The first-order chi connectivity index (χ1) is 12.3. The van der Waals surface area contributed by atoms with Crippen LogP contribution in [0.4, 0.5) is 4.79 Å². The van der Waals surface area contributed by atoms with Gasteiger partial charge in [-0.3, -0.25) is 0 Å². The molecule has 1 N–H and O–H groups in total. The number of carbonyl (C=O) groups is 1. The Hall–Kier alpha value is -1.46. The van der Waals surface area contributed by atoms with Crippen LogP contribution in [-0.2, 0) is 11.3 Å². The summed E-state index contributed by atoms with van der Waals surface area (Å²) in [6.07, 6.45) is 1.77. The summed E-state index contributed by atoms with van der Waals surface area (Å²) in [4.78, 5) is 13.9. The van der Waals surface area contributed by atoms with Crippen LogP contribution in [0.3, 0.4) is 0 Å². The fourth-order valence-electron chi connectivity index (χ4n) is 3.04. The first kappa shape index (κ1) is 20.8. The lowest BCUT2D eigenvalue weighted by atomic mass is 9.97. The largest absolute Gasteiger partial charge is 0.494 e. The third-order valence-electron chi connectivity index (χ3n) is 4.34. The predicted molar refractivity (Wildman–Crippen MR) is 105 cm³/mol. The van der Waals surface area contributed by atoms with Crippen molar-refractivity contribution in [2.45, 2.75) is 52.7 Å². The Labute approximate surface area is 162 Å². The predicted octanol–water partition coefficient (Wildman–Crippen LogP) is 4.48. The number of hydrogen-bond acceptors (Lipinski definition) is 4. The number of piperidine rings is 1. The van der Waals surface area contributed by atoms with E-state index in [2.05, 4.69) is 5.32 Å². The van der Waals surface area contributed by atoms with E-state index in [4.69, 9.17) is 21.1 Å². The van der Waals surface area contributed by atoms with E-state index in [1.165, 1.54) is 0 Å². The highest BCUT2D eigenvalue weighted by Gasteiger charge is 2.26. The maximum absolute atomic E-state index is 12.1. The van der Waals surface area contributed by atoms with Crippen LogP contribution in [0.5, 0.6) is 5.75 Å². The van der Waals surface area contributed by atoms with E-state index < -0.39 is 5.60 Å². The fourth-order valence-corrected chi connectivity index (χ4v) is 3.23. The minimum Gasteiger partial charge on any atom is -0.494 e. The second-order valence-electron chi connectivity index (χ2n) is 7.73. The van der Waals surface area contributed by atoms with Crippen LogP contribution < -0.4 is 10.1 Å². The van der Waals surface area contributed by atoms with Gasteiger partial charge in [-0.2, -0.15) is 0 Å². The molecule has 0 atom stereocenters. The summed E-state index contributed by atoms with van der Waals surface area (Å²) >= 11 is 6.10. The van der Waals surface area contributed by atoms with Gasteiger partial charge in [0.25, 0.3) is 0 Å². The number of nitrogens with one attached hydrogen (secondary N) is 1. The van der Waals surface area contributed by atoms with Gasteiger partial charge in [0.05, 0.1) is 6.61 Å². The van der Waals surface area contributed by atoms with Gasteiger partial charge in [-0.05, 0) is 71.2 Å². The molecule has 1 amide bonds. The molecule has 26 heavy (non-hydrogen) atoms. The number of nitrogens with zero attached hydrogens (tertiary/aromatic N) is 1. The van der Waals surface area contributed by atoms with Gasteiger partial charge in [0.2, 0.25) is 0 Å². The molecule has 1 aliphatic rings. The summed E-state index contributed by atoms with van der Waals surface area (Å²) in [5.41, 5.74) is 0.635. The Bertz CT molecular complexity index is 593. The Morgan fingerprint density at radius 1 is 1.31 bits per heavy atom. The molecule has 0 aliphatic carbocycles. The fraction of sp³-hybridized carbons (Fsp3) is 0.650. The smallest absolute Gasteiger partial charge is 0.410 e. The third-order valence-corrected chi connectivity index (χ3v) is 4.57. The van der Waals surface area contributed by atoms with Crippen LogP contribution in [0.15, 0.2) is 18.2 Å². The number of hydrogen-bond donors (Lipinski definition) is 1. The average Bonchev–Trinajstić information content (AvgIpc) is 2.56. The Balaban J connectivity index is 1.75. The van der Waals surface area contributed by atoms with Crippen molar-refractivity contribution in [3.8, 4) is 5.75 Å². The average molecular weight is 383 g/mol. The molecule has 6 heteroatoms. The van der Waals surface area contributed by atoms with E-state index in [0.717, 1.165) is 55.4 Å². The summed E-state index contributed by atoms with van der Waals surface area (Å²) < 4.78 is 11.1. The number of likely N-dealkylation sites (tertiary alicyclic amines) is 1. The zero-order chi connectivity index (χ0) is 19.2. The zero-order valence-corrected chi connectivity index (χ0v) is 17.1. The highest BCUT2D eigenvalue weighted by Crippen LogP contribution is 2.24. The van der Waals surface area contributed by atoms with E-state index in [0.29, 0.717) is 12.5 Å². The molecule has 0 radical (unpaired) electrons.